The van der Waals surface area contributed by atoms with Crippen molar-refractivity contribution in [1.29, 1.82) is 0 Å². The summed E-state index contributed by atoms with van der Waals surface area (Å²) < 4.78 is 11.5. The van der Waals surface area contributed by atoms with Crippen molar-refractivity contribution in [1.82, 2.24) is 5.32 Å². The van der Waals surface area contributed by atoms with Gasteiger partial charge in [0.05, 0.1) is 6.61 Å². The Balaban J connectivity index is 1.98. The molecule has 0 spiro atoms. The Morgan fingerprint density at radius 2 is 1.70 bits per heavy atom. The fourth-order valence-corrected chi connectivity index (χ4v) is 2.76. The van der Waals surface area contributed by atoms with Crippen LogP contribution in [0.4, 0.5) is 0 Å². The van der Waals surface area contributed by atoms with Crippen molar-refractivity contribution in [2.24, 2.45) is 0 Å². The van der Waals surface area contributed by atoms with E-state index in [1.165, 1.54) is 5.56 Å². The largest absolute Gasteiger partial charge is 0.494 e. The molecule has 0 aliphatic heterocycles. The molecule has 0 bridgehead atoms. The average Bonchev–Trinajstić information content (AvgIpc) is 2.65. The van der Waals surface area contributed by atoms with Crippen LogP contribution in [-0.2, 0) is 16.8 Å². The fraction of sp³-hybridized carbons (Fsp3) is 0.435. The molecule has 0 saturated heterocycles. The van der Waals surface area contributed by atoms with Crippen molar-refractivity contribution >= 4 is 5.91 Å². The van der Waals surface area contributed by atoms with E-state index in [-0.39, 0.29) is 11.3 Å². The van der Waals surface area contributed by atoms with E-state index in [2.05, 4.69) is 38.2 Å². The molecule has 2 rings (SSSR count). The van der Waals surface area contributed by atoms with E-state index in [4.69, 9.17) is 9.47 Å². The molecule has 0 fully saturated rings. The summed E-state index contributed by atoms with van der Waals surface area (Å²) in [5.41, 5.74) is 2.28. The molecular weight excluding hydrogens is 338 g/mol. The van der Waals surface area contributed by atoms with Crippen LogP contribution in [0.3, 0.4) is 0 Å². The van der Waals surface area contributed by atoms with Crippen LogP contribution in [0.15, 0.2) is 48.5 Å². The molecule has 0 aliphatic carbocycles. The van der Waals surface area contributed by atoms with E-state index in [1.807, 2.05) is 50.2 Å². The molecule has 146 valence electrons. The predicted octanol–water partition coefficient (Wildman–Crippen LogP) is 4.86. The maximum absolute atomic E-state index is 12.6. The second kappa shape index (κ2) is 9.45. The Bertz CT molecular complexity index is 732. The maximum Gasteiger partial charge on any atom is 0.261 e. The van der Waals surface area contributed by atoms with Gasteiger partial charge in [-0.1, -0.05) is 58.0 Å². The molecule has 4 nitrogen and oxygen atoms in total. The number of hydrogen-bond acceptors (Lipinski definition) is 3. The van der Waals surface area contributed by atoms with Gasteiger partial charge in [-0.2, -0.15) is 0 Å². The lowest BCUT2D eigenvalue weighted by Gasteiger charge is -2.21. The quantitative estimate of drug-likeness (QED) is 0.723. The van der Waals surface area contributed by atoms with Crippen LogP contribution in [0.1, 0.15) is 52.2 Å². The number of nitrogens with one attached hydrogen (secondary N) is 1. The zero-order valence-corrected chi connectivity index (χ0v) is 17.0. The van der Waals surface area contributed by atoms with Gasteiger partial charge in [-0.05, 0) is 42.5 Å². The molecule has 1 unspecified atom stereocenters. The summed E-state index contributed by atoms with van der Waals surface area (Å²) in [5.74, 6) is 1.38. The Hall–Kier alpha value is -2.49. The Labute approximate surface area is 162 Å². The average molecular weight is 370 g/mol. The van der Waals surface area contributed by atoms with Gasteiger partial charge in [0.2, 0.25) is 0 Å². The molecule has 0 heterocycles. The van der Waals surface area contributed by atoms with E-state index in [0.717, 1.165) is 11.3 Å². The minimum atomic E-state index is -0.523. The normalized spacial score (nSPS) is 12.3. The standard InChI is InChI=1S/C23H31NO3/c1-6-20(27-19-14-12-18(13-15-19)23(3,4)5)22(25)24-16-17-10-8-9-11-21(17)26-7-2/h8-15,20H,6-7,16H2,1-5H3,(H,24,25). The highest BCUT2D eigenvalue weighted by Crippen LogP contribution is 2.25. The minimum Gasteiger partial charge on any atom is -0.494 e. The predicted molar refractivity (Wildman–Crippen MR) is 109 cm³/mol. The highest BCUT2D eigenvalue weighted by Gasteiger charge is 2.19. The van der Waals surface area contributed by atoms with Gasteiger partial charge in [-0.3, -0.25) is 4.79 Å². The van der Waals surface area contributed by atoms with E-state index >= 15 is 0 Å². The number of ether oxygens (including phenoxy) is 2. The number of carbonyl (C=O) groups excluding carboxylic acids is 1. The lowest BCUT2D eigenvalue weighted by atomic mass is 9.87. The zero-order chi connectivity index (χ0) is 19.9. The van der Waals surface area contributed by atoms with Gasteiger partial charge in [0.15, 0.2) is 6.10 Å². The molecule has 0 radical (unpaired) electrons. The van der Waals surface area contributed by atoms with Gasteiger partial charge < -0.3 is 14.8 Å². The summed E-state index contributed by atoms with van der Waals surface area (Å²) >= 11 is 0. The van der Waals surface area contributed by atoms with Crippen molar-refractivity contribution in [3.05, 3.63) is 59.7 Å². The van der Waals surface area contributed by atoms with Crippen molar-refractivity contribution in [2.45, 2.75) is 59.1 Å². The number of hydrogen-bond donors (Lipinski definition) is 1. The first kappa shape index (κ1) is 20.8. The highest BCUT2D eigenvalue weighted by atomic mass is 16.5. The Kier molecular flexibility index (Phi) is 7.28. The van der Waals surface area contributed by atoms with Gasteiger partial charge in [-0.25, -0.2) is 0 Å². The second-order valence-corrected chi connectivity index (χ2v) is 7.55. The van der Waals surface area contributed by atoms with Crippen LogP contribution in [0, 0.1) is 0 Å². The van der Waals surface area contributed by atoms with Crippen LogP contribution in [-0.4, -0.2) is 18.6 Å². The maximum atomic E-state index is 12.6. The summed E-state index contributed by atoms with van der Waals surface area (Å²) in [5, 5.41) is 2.96. The van der Waals surface area contributed by atoms with Crippen LogP contribution >= 0.6 is 0 Å². The van der Waals surface area contributed by atoms with Crippen LogP contribution in [0.2, 0.25) is 0 Å². The lowest BCUT2D eigenvalue weighted by molar-refractivity contribution is -0.128. The van der Waals surface area contributed by atoms with E-state index < -0.39 is 6.10 Å². The van der Waals surface area contributed by atoms with E-state index in [1.54, 1.807) is 0 Å². The van der Waals surface area contributed by atoms with Gasteiger partial charge >= 0.3 is 0 Å². The summed E-state index contributed by atoms with van der Waals surface area (Å²) in [6, 6.07) is 15.7. The number of para-hydroxylation sites is 1. The fourth-order valence-electron chi connectivity index (χ4n) is 2.76. The first-order valence-electron chi connectivity index (χ1n) is 9.60. The Morgan fingerprint density at radius 1 is 1.04 bits per heavy atom. The van der Waals surface area contributed by atoms with Crippen molar-refractivity contribution in [2.75, 3.05) is 6.61 Å². The highest BCUT2D eigenvalue weighted by molar-refractivity contribution is 5.81. The molecular formula is C23H31NO3. The molecule has 2 aromatic rings. The molecule has 27 heavy (non-hydrogen) atoms. The van der Waals surface area contributed by atoms with Crippen molar-refractivity contribution in [3.8, 4) is 11.5 Å². The SMILES string of the molecule is CCOc1ccccc1CNC(=O)C(CC)Oc1ccc(C(C)(C)C)cc1. The monoisotopic (exact) mass is 369 g/mol. The van der Waals surface area contributed by atoms with Crippen LogP contribution in [0.5, 0.6) is 11.5 Å². The zero-order valence-electron chi connectivity index (χ0n) is 17.0. The third-order valence-corrected chi connectivity index (χ3v) is 4.39. The topological polar surface area (TPSA) is 47.6 Å². The first-order chi connectivity index (χ1) is 12.8. The molecule has 1 N–H and O–H groups in total. The van der Waals surface area contributed by atoms with E-state index in [0.29, 0.717) is 25.3 Å². The summed E-state index contributed by atoms with van der Waals surface area (Å²) in [6.07, 6.45) is 0.0738. The van der Waals surface area contributed by atoms with Crippen molar-refractivity contribution < 1.29 is 14.3 Å². The van der Waals surface area contributed by atoms with Gasteiger partial charge in [0, 0.05) is 12.1 Å². The summed E-state index contributed by atoms with van der Waals surface area (Å²) in [7, 11) is 0. The summed E-state index contributed by atoms with van der Waals surface area (Å²) in [4.78, 5) is 12.6. The molecule has 1 amide bonds. The van der Waals surface area contributed by atoms with Gasteiger partial charge in [0.25, 0.3) is 5.91 Å². The van der Waals surface area contributed by atoms with Crippen molar-refractivity contribution in [3.63, 3.8) is 0 Å². The van der Waals surface area contributed by atoms with Gasteiger partial charge in [0.1, 0.15) is 11.5 Å². The van der Waals surface area contributed by atoms with Crippen LogP contribution < -0.4 is 14.8 Å². The third-order valence-electron chi connectivity index (χ3n) is 4.39. The molecule has 2 aromatic carbocycles. The number of carbonyl (C=O) groups is 1. The number of rotatable bonds is 8. The summed E-state index contributed by atoms with van der Waals surface area (Å²) in [6.45, 7) is 11.4. The molecule has 4 heteroatoms. The second-order valence-electron chi connectivity index (χ2n) is 7.55. The van der Waals surface area contributed by atoms with Gasteiger partial charge in [-0.15, -0.1) is 0 Å². The van der Waals surface area contributed by atoms with E-state index in [9.17, 15) is 4.79 Å². The molecule has 1 atom stereocenters. The number of amides is 1. The van der Waals surface area contributed by atoms with Crippen LogP contribution in [0.25, 0.3) is 0 Å². The smallest absolute Gasteiger partial charge is 0.261 e. The molecule has 0 aliphatic rings. The minimum absolute atomic E-state index is 0.0913. The Morgan fingerprint density at radius 3 is 2.30 bits per heavy atom. The first-order valence-corrected chi connectivity index (χ1v) is 9.60. The molecule has 0 aromatic heterocycles. The lowest BCUT2D eigenvalue weighted by Crippen LogP contribution is -2.37. The number of benzene rings is 2. The molecule has 0 saturated carbocycles. The third kappa shape index (κ3) is 6.02.